The molecule has 3 nitrogen and oxygen atoms in total. The fourth-order valence-electron chi connectivity index (χ4n) is 2.61. The largest absolute Gasteiger partial charge is 0.349 e. The van der Waals surface area contributed by atoms with Crippen LogP contribution in [-0.2, 0) is 4.79 Å². The molecule has 2 atom stereocenters. The van der Waals surface area contributed by atoms with Crippen LogP contribution in [0.1, 0.15) is 43.5 Å². The van der Waals surface area contributed by atoms with Crippen molar-refractivity contribution in [2.24, 2.45) is 11.7 Å². The van der Waals surface area contributed by atoms with Gasteiger partial charge in [-0.05, 0) is 17.5 Å². The average molecular weight is 332 g/mol. The minimum atomic E-state index is -0.665. The standard InChI is InChI=1S/C19H22F2N2O/c1-12(2)19(15-9-8-14(20)10-16(15)21)23-18(24)11-17(22)13-6-4-3-5-7-13/h3-10,12,17,19H,11,22H2,1-2H3,(H,23,24). The quantitative estimate of drug-likeness (QED) is 0.844. The lowest BCUT2D eigenvalue weighted by molar-refractivity contribution is -0.122. The van der Waals surface area contributed by atoms with Crippen molar-refractivity contribution in [1.29, 1.82) is 0 Å². The Morgan fingerprint density at radius 3 is 2.38 bits per heavy atom. The van der Waals surface area contributed by atoms with E-state index in [2.05, 4.69) is 5.32 Å². The molecule has 0 heterocycles. The molecule has 0 fully saturated rings. The average Bonchev–Trinajstić information content (AvgIpc) is 2.54. The number of hydrogen-bond donors (Lipinski definition) is 2. The maximum Gasteiger partial charge on any atom is 0.222 e. The summed E-state index contributed by atoms with van der Waals surface area (Å²) in [6.07, 6.45) is 0.0933. The molecule has 5 heteroatoms. The van der Waals surface area contributed by atoms with Gasteiger partial charge in [-0.15, -0.1) is 0 Å². The van der Waals surface area contributed by atoms with Crippen LogP contribution in [-0.4, -0.2) is 5.91 Å². The Bertz CT molecular complexity index is 689. The minimum absolute atomic E-state index is 0.0538. The molecule has 2 rings (SSSR count). The summed E-state index contributed by atoms with van der Waals surface area (Å²) in [6.45, 7) is 3.73. The Balaban J connectivity index is 2.09. The first-order valence-electron chi connectivity index (χ1n) is 7.93. The number of nitrogens with two attached hydrogens (primary N) is 1. The van der Waals surface area contributed by atoms with Crippen molar-refractivity contribution in [1.82, 2.24) is 5.32 Å². The van der Waals surface area contributed by atoms with Crippen molar-refractivity contribution >= 4 is 5.91 Å². The van der Waals surface area contributed by atoms with E-state index in [4.69, 9.17) is 5.73 Å². The fraction of sp³-hybridized carbons (Fsp3) is 0.316. The van der Waals surface area contributed by atoms with E-state index in [0.29, 0.717) is 0 Å². The van der Waals surface area contributed by atoms with Crippen molar-refractivity contribution in [3.8, 4) is 0 Å². The van der Waals surface area contributed by atoms with Crippen LogP contribution in [0.2, 0.25) is 0 Å². The predicted molar refractivity (Wildman–Crippen MR) is 90.1 cm³/mol. The zero-order valence-electron chi connectivity index (χ0n) is 13.8. The second kappa shape index (κ2) is 8.02. The van der Waals surface area contributed by atoms with Crippen LogP contribution in [0.3, 0.4) is 0 Å². The number of amides is 1. The number of carbonyl (C=O) groups excluding carboxylic acids is 1. The van der Waals surface area contributed by atoms with E-state index in [1.54, 1.807) is 0 Å². The maximum atomic E-state index is 14.0. The third-order valence-corrected chi connectivity index (χ3v) is 3.91. The van der Waals surface area contributed by atoms with E-state index in [-0.39, 0.29) is 23.8 Å². The van der Waals surface area contributed by atoms with E-state index >= 15 is 0 Å². The second-order valence-corrected chi connectivity index (χ2v) is 6.18. The molecular weight excluding hydrogens is 310 g/mol. The van der Waals surface area contributed by atoms with Crippen LogP contribution < -0.4 is 11.1 Å². The van der Waals surface area contributed by atoms with Gasteiger partial charge in [-0.1, -0.05) is 50.2 Å². The molecule has 2 aromatic rings. The van der Waals surface area contributed by atoms with Crippen molar-refractivity contribution in [2.75, 3.05) is 0 Å². The van der Waals surface area contributed by atoms with Gasteiger partial charge in [0.15, 0.2) is 0 Å². The van der Waals surface area contributed by atoms with Crippen molar-refractivity contribution in [2.45, 2.75) is 32.4 Å². The van der Waals surface area contributed by atoms with Gasteiger partial charge in [-0.25, -0.2) is 8.78 Å². The first-order chi connectivity index (χ1) is 11.4. The molecule has 2 unspecified atom stereocenters. The van der Waals surface area contributed by atoms with E-state index in [1.807, 2.05) is 44.2 Å². The van der Waals surface area contributed by atoms with Gasteiger partial charge < -0.3 is 11.1 Å². The molecule has 0 saturated heterocycles. The Morgan fingerprint density at radius 1 is 1.12 bits per heavy atom. The van der Waals surface area contributed by atoms with Gasteiger partial charge in [0.05, 0.1) is 6.04 Å². The lowest BCUT2D eigenvalue weighted by atomic mass is 9.95. The minimum Gasteiger partial charge on any atom is -0.349 e. The maximum absolute atomic E-state index is 14.0. The number of halogens is 2. The number of hydrogen-bond acceptors (Lipinski definition) is 2. The SMILES string of the molecule is CC(C)C(NC(=O)CC(N)c1ccccc1)c1ccc(F)cc1F. The first-order valence-corrected chi connectivity index (χ1v) is 7.93. The highest BCUT2D eigenvalue weighted by Crippen LogP contribution is 2.25. The van der Waals surface area contributed by atoms with E-state index in [0.717, 1.165) is 11.6 Å². The van der Waals surface area contributed by atoms with Gasteiger partial charge in [0.1, 0.15) is 11.6 Å². The highest BCUT2D eigenvalue weighted by Gasteiger charge is 2.23. The fourth-order valence-corrected chi connectivity index (χ4v) is 2.61. The van der Waals surface area contributed by atoms with Gasteiger partial charge in [-0.2, -0.15) is 0 Å². The summed E-state index contributed by atoms with van der Waals surface area (Å²) < 4.78 is 27.1. The number of carbonyl (C=O) groups is 1. The topological polar surface area (TPSA) is 55.1 Å². The van der Waals surface area contributed by atoms with E-state index < -0.39 is 23.7 Å². The predicted octanol–water partition coefficient (Wildman–Crippen LogP) is 3.87. The highest BCUT2D eigenvalue weighted by atomic mass is 19.1. The molecule has 0 saturated carbocycles. The Hall–Kier alpha value is -2.27. The van der Waals surface area contributed by atoms with Crippen LogP contribution in [0.15, 0.2) is 48.5 Å². The summed E-state index contributed by atoms with van der Waals surface area (Å²) in [4.78, 5) is 12.3. The van der Waals surface area contributed by atoms with E-state index in [9.17, 15) is 13.6 Å². The molecule has 0 aromatic heterocycles. The van der Waals surface area contributed by atoms with Gasteiger partial charge in [0, 0.05) is 24.1 Å². The molecule has 2 aromatic carbocycles. The molecule has 0 radical (unpaired) electrons. The lowest BCUT2D eigenvalue weighted by Crippen LogP contribution is -2.34. The third-order valence-electron chi connectivity index (χ3n) is 3.91. The van der Waals surface area contributed by atoms with E-state index in [1.165, 1.54) is 12.1 Å². The molecule has 3 N–H and O–H groups in total. The summed E-state index contributed by atoms with van der Waals surface area (Å²) in [6, 6.07) is 11.7. The highest BCUT2D eigenvalue weighted by molar-refractivity contribution is 5.77. The normalized spacial score (nSPS) is 13.6. The Kier molecular flexibility index (Phi) is 6.04. The molecule has 1 amide bonds. The smallest absolute Gasteiger partial charge is 0.222 e. The zero-order chi connectivity index (χ0) is 17.7. The molecule has 128 valence electrons. The summed E-state index contributed by atoms with van der Waals surface area (Å²) in [5.41, 5.74) is 7.19. The molecule has 0 aliphatic carbocycles. The van der Waals surface area contributed by atoms with Gasteiger partial charge in [-0.3, -0.25) is 4.79 Å². The van der Waals surface area contributed by atoms with Crippen LogP contribution >= 0.6 is 0 Å². The molecule has 0 spiro atoms. The van der Waals surface area contributed by atoms with Crippen molar-refractivity contribution < 1.29 is 13.6 Å². The monoisotopic (exact) mass is 332 g/mol. The first kappa shape index (κ1) is 18.1. The van der Waals surface area contributed by atoms with Gasteiger partial charge in [0.25, 0.3) is 0 Å². The number of benzene rings is 2. The van der Waals surface area contributed by atoms with Crippen molar-refractivity contribution in [3.05, 3.63) is 71.3 Å². The molecule has 0 aliphatic heterocycles. The number of nitrogens with one attached hydrogen (secondary N) is 1. The molecule has 0 aliphatic rings. The third kappa shape index (κ3) is 4.61. The van der Waals surface area contributed by atoms with Gasteiger partial charge >= 0.3 is 0 Å². The van der Waals surface area contributed by atoms with Gasteiger partial charge in [0.2, 0.25) is 5.91 Å². The van der Waals surface area contributed by atoms with Crippen LogP contribution in [0, 0.1) is 17.6 Å². The Morgan fingerprint density at radius 2 is 1.79 bits per heavy atom. The summed E-state index contributed by atoms with van der Waals surface area (Å²) in [7, 11) is 0. The number of rotatable bonds is 6. The van der Waals surface area contributed by atoms with Crippen LogP contribution in [0.5, 0.6) is 0 Å². The molecule has 0 bridgehead atoms. The second-order valence-electron chi connectivity index (χ2n) is 6.18. The van der Waals surface area contributed by atoms with Crippen molar-refractivity contribution in [3.63, 3.8) is 0 Å². The molecule has 24 heavy (non-hydrogen) atoms. The summed E-state index contributed by atoms with van der Waals surface area (Å²) >= 11 is 0. The zero-order valence-corrected chi connectivity index (χ0v) is 13.8. The molecular formula is C19H22F2N2O. The van der Waals surface area contributed by atoms with Crippen LogP contribution in [0.25, 0.3) is 0 Å². The lowest BCUT2D eigenvalue weighted by Gasteiger charge is -2.24. The Labute approximate surface area is 140 Å². The summed E-state index contributed by atoms with van der Waals surface area (Å²) in [5, 5.41) is 2.81. The summed E-state index contributed by atoms with van der Waals surface area (Å²) in [5.74, 6) is -1.63. The van der Waals surface area contributed by atoms with Crippen LogP contribution in [0.4, 0.5) is 8.78 Å².